The number of nitrogens with zero attached hydrogens (tertiary/aromatic N) is 4. The second-order valence-corrected chi connectivity index (χ2v) is 4.25. The molecule has 0 unspecified atom stereocenters. The molecule has 0 amide bonds. The summed E-state index contributed by atoms with van der Waals surface area (Å²) in [5.41, 5.74) is 0.264. The van der Waals surface area contributed by atoms with E-state index in [0.717, 1.165) is 0 Å². The normalized spacial score (nSPS) is 11.3. The topological polar surface area (TPSA) is 61.8 Å². The Morgan fingerprint density at radius 1 is 1.22 bits per heavy atom. The Labute approximate surface area is 108 Å². The van der Waals surface area contributed by atoms with Crippen LogP contribution in [0.3, 0.4) is 0 Å². The summed E-state index contributed by atoms with van der Waals surface area (Å²) in [4.78, 5) is 28.5. The number of aromatic nitrogens is 4. The third kappa shape index (κ3) is 1.77. The van der Waals surface area contributed by atoms with E-state index in [1.165, 1.54) is 9.13 Å². The molecule has 6 nitrogen and oxygen atoms in total. The van der Waals surface area contributed by atoms with Gasteiger partial charge in [-0.2, -0.15) is 0 Å². The smallest absolute Gasteiger partial charge is 0.324 e. The van der Waals surface area contributed by atoms with Crippen LogP contribution < -0.4 is 11.2 Å². The van der Waals surface area contributed by atoms with Crippen molar-refractivity contribution in [1.29, 1.82) is 0 Å². The molecule has 0 fully saturated rings. The van der Waals surface area contributed by atoms with Crippen LogP contribution in [-0.2, 0) is 19.6 Å². The number of rotatable bonds is 4. The van der Waals surface area contributed by atoms with Gasteiger partial charge in [-0.05, 0) is 13.8 Å². The molecule has 2 rings (SSSR count). The molecule has 0 saturated carbocycles. The molecular weight excluding hydrogens is 256 g/mol. The number of alkyl halides is 1. The predicted molar refractivity (Wildman–Crippen MR) is 70.3 cm³/mol. The average molecular weight is 271 g/mol. The van der Waals surface area contributed by atoms with Gasteiger partial charge in [-0.1, -0.05) is 0 Å². The first-order valence-corrected chi connectivity index (χ1v) is 6.43. The highest BCUT2D eigenvalue weighted by atomic mass is 35.5. The summed E-state index contributed by atoms with van der Waals surface area (Å²) in [7, 11) is 0. The lowest BCUT2D eigenvalue weighted by atomic mass is 10.4. The maximum Gasteiger partial charge on any atom is 0.332 e. The number of halogens is 1. The molecule has 2 aromatic rings. The van der Waals surface area contributed by atoms with Crippen LogP contribution in [0.1, 0.15) is 13.8 Å². The lowest BCUT2D eigenvalue weighted by molar-refractivity contribution is 0.603. The van der Waals surface area contributed by atoms with E-state index >= 15 is 0 Å². The number of imidazole rings is 1. The van der Waals surface area contributed by atoms with E-state index in [1.54, 1.807) is 17.8 Å². The third-order valence-corrected chi connectivity index (χ3v) is 3.11. The lowest BCUT2D eigenvalue weighted by Gasteiger charge is -2.09. The fourth-order valence-electron chi connectivity index (χ4n) is 2.06. The zero-order chi connectivity index (χ0) is 13.3. The Bertz CT molecular complexity index is 683. The Hall–Kier alpha value is -1.56. The van der Waals surface area contributed by atoms with E-state index in [1.807, 2.05) is 6.92 Å². The molecule has 0 aliphatic carbocycles. The fraction of sp³-hybridized carbons (Fsp3) is 0.545. The van der Waals surface area contributed by atoms with Gasteiger partial charge in [0, 0.05) is 25.5 Å². The summed E-state index contributed by atoms with van der Waals surface area (Å²) in [6.45, 7) is 4.95. The monoisotopic (exact) mass is 270 g/mol. The summed E-state index contributed by atoms with van der Waals surface area (Å²) in [5, 5.41) is 0. The molecule has 0 spiro atoms. The zero-order valence-electron chi connectivity index (χ0n) is 10.4. The van der Waals surface area contributed by atoms with Crippen LogP contribution in [0.15, 0.2) is 15.9 Å². The first-order valence-electron chi connectivity index (χ1n) is 5.90. The Balaban J connectivity index is 2.93. The Morgan fingerprint density at radius 2 is 1.89 bits per heavy atom. The molecule has 0 radical (unpaired) electrons. The largest absolute Gasteiger partial charge is 0.332 e. The van der Waals surface area contributed by atoms with Crippen molar-refractivity contribution in [2.75, 3.05) is 5.88 Å². The van der Waals surface area contributed by atoms with E-state index in [0.29, 0.717) is 36.7 Å². The van der Waals surface area contributed by atoms with Gasteiger partial charge in [-0.15, -0.1) is 11.6 Å². The maximum absolute atomic E-state index is 12.3. The van der Waals surface area contributed by atoms with Crippen molar-refractivity contribution in [1.82, 2.24) is 18.7 Å². The molecule has 7 heteroatoms. The quantitative estimate of drug-likeness (QED) is 0.766. The van der Waals surface area contributed by atoms with Crippen LogP contribution in [0.25, 0.3) is 11.2 Å². The number of aryl methyl sites for hydroxylation is 2. The molecular formula is C11H15ClN4O2. The van der Waals surface area contributed by atoms with Crippen LogP contribution in [0.5, 0.6) is 0 Å². The van der Waals surface area contributed by atoms with Gasteiger partial charge in [0.2, 0.25) is 0 Å². The second kappa shape index (κ2) is 4.97. The van der Waals surface area contributed by atoms with Gasteiger partial charge < -0.3 is 4.57 Å². The Morgan fingerprint density at radius 3 is 2.44 bits per heavy atom. The molecule has 0 aliphatic heterocycles. The van der Waals surface area contributed by atoms with Gasteiger partial charge >= 0.3 is 5.69 Å². The fourth-order valence-corrected chi connectivity index (χ4v) is 2.25. The minimum absolute atomic E-state index is 0.301. The SMILES string of the molecule is CCn1c(=O)c2c(ncn2CCCl)n(CC)c1=O. The molecule has 0 aromatic carbocycles. The number of hydrogen-bond acceptors (Lipinski definition) is 3. The first kappa shape index (κ1) is 12.9. The van der Waals surface area contributed by atoms with Crippen LogP contribution in [-0.4, -0.2) is 24.6 Å². The van der Waals surface area contributed by atoms with Crippen molar-refractivity contribution >= 4 is 22.8 Å². The van der Waals surface area contributed by atoms with Gasteiger partial charge in [0.05, 0.1) is 6.33 Å². The second-order valence-electron chi connectivity index (χ2n) is 3.88. The zero-order valence-corrected chi connectivity index (χ0v) is 11.1. The standard InChI is InChI=1S/C11H15ClN4O2/c1-3-15-9-8(14(6-5-12)7-13-9)10(17)16(4-2)11(15)18/h7H,3-6H2,1-2H3. The minimum atomic E-state index is -0.311. The summed E-state index contributed by atoms with van der Waals surface area (Å²) < 4.78 is 4.42. The molecule has 0 aliphatic rings. The predicted octanol–water partition coefficient (Wildman–Crippen LogP) is 0.638. The minimum Gasteiger partial charge on any atom is -0.324 e. The summed E-state index contributed by atoms with van der Waals surface area (Å²) in [6, 6.07) is 0. The van der Waals surface area contributed by atoms with Crippen molar-refractivity contribution < 1.29 is 0 Å². The summed E-state index contributed by atoms with van der Waals surface area (Å²) in [6.07, 6.45) is 1.56. The van der Waals surface area contributed by atoms with E-state index < -0.39 is 0 Å². The molecule has 2 heterocycles. The molecule has 0 bridgehead atoms. The van der Waals surface area contributed by atoms with Crippen molar-refractivity contribution in [2.24, 2.45) is 0 Å². The van der Waals surface area contributed by atoms with Crippen molar-refractivity contribution in [3.05, 3.63) is 27.2 Å². The van der Waals surface area contributed by atoms with Crippen LogP contribution in [0, 0.1) is 0 Å². The maximum atomic E-state index is 12.3. The van der Waals surface area contributed by atoms with Crippen molar-refractivity contribution in [3.8, 4) is 0 Å². The van der Waals surface area contributed by atoms with Crippen molar-refractivity contribution in [2.45, 2.75) is 33.5 Å². The van der Waals surface area contributed by atoms with Gasteiger partial charge in [-0.3, -0.25) is 13.9 Å². The summed E-state index contributed by atoms with van der Waals surface area (Å²) >= 11 is 5.70. The number of hydrogen-bond donors (Lipinski definition) is 0. The highest BCUT2D eigenvalue weighted by Gasteiger charge is 2.15. The van der Waals surface area contributed by atoms with Crippen LogP contribution in [0.4, 0.5) is 0 Å². The van der Waals surface area contributed by atoms with Gasteiger partial charge in [0.15, 0.2) is 11.2 Å². The van der Waals surface area contributed by atoms with E-state index in [-0.39, 0.29) is 11.2 Å². The first-order chi connectivity index (χ1) is 8.65. The molecule has 2 aromatic heterocycles. The highest BCUT2D eigenvalue weighted by molar-refractivity contribution is 6.17. The molecule has 0 saturated heterocycles. The molecule has 0 N–H and O–H groups in total. The highest BCUT2D eigenvalue weighted by Crippen LogP contribution is 2.06. The van der Waals surface area contributed by atoms with Gasteiger partial charge in [0.1, 0.15) is 0 Å². The number of fused-ring (bicyclic) bond motifs is 1. The Kier molecular flexibility index (Phi) is 3.56. The van der Waals surface area contributed by atoms with Crippen LogP contribution >= 0.6 is 11.6 Å². The molecule has 98 valence electrons. The van der Waals surface area contributed by atoms with E-state index in [9.17, 15) is 9.59 Å². The lowest BCUT2D eigenvalue weighted by Crippen LogP contribution is -2.40. The average Bonchev–Trinajstić information content (AvgIpc) is 2.75. The third-order valence-electron chi connectivity index (χ3n) is 2.94. The van der Waals surface area contributed by atoms with E-state index in [2.05, 4.69) is 4.98 Å². The van der Waals surface area contributed by atoms with Crippen molar-refractivity contribution in [3.63, 3.8) is 0 Å². The van der Waals surface area contributed by atoms with E-state index in [4.69, 9.17) is 11.6 Å². The van der Waals surface area contributed by atoms with Gasteiger partial charge in [-0.25, -0.2) is 9.78 Å². The summed E-state index contributed by atoms with van der Waals surface area (Å²) in [5.74, 6) is 0.391. The molecule has 18 heavy (non-hydrogen) atoms. The van der Waals surface area contributed by atoms with Gasteiger partial charge in [0.25, 0.3) is 5.56 Å². The van der Waals surface area contributed by atoms with Crippen LogP contribution in [0.2, 0.25) is 0 Å². The molecule has 0 atom stereocenters.